The van der Waals surface area contributed by atoms with E-state index in [1.165, 1.54) is 4.90 Å². The fraction of sp³-hybridized carbons (Fsp3) is 0.0769. The Morgan fingerprint density at radius 2 is 1.86 bits per heavy atom. The number of rotatable bonds is 6. The highest BCUT2D eigenvalue weighted by molar-refractivity contribution is 9.10. The summed E-state index contributed by atoms with van der Waals surface area (Å²) in [6.45, 7) is -0.0337. The maximum atomic E-state index is 13.6. The molecule has 1 aliphatic heterocycles. The average Bonchev–Trinajstić information content (AvgIpc) is 3.47. The van der Waals surface area contributed by atoms with Crippen LogP contribution >= 0.6 is 27.5 Å². The first kappa shape index (κ1) is 23.0. The molecule has 2 amide bonds. The van der Waals surface area contributed by atoms with E-state index in [1.807, 2.05) is 36.4 Å². The van der Waals surface area contributed by atoms with Crippen molar-refractivity contribution in [2.24, 2.45) is 0 Å². The number of carbonyl (C=O) groups is 3. The van der Waals surface area contributed by atoms with E-state index in [0.717, 1.165) is 16.8 Å². The number of aromatic nitrogens is 2. The predicted molar refractivity (Wildman–Crippen MR) is 137 cm³/mol. The smallest absolute Gasteiger partial charge is 0.299 e. The van der Waals surface area contributed by atoms with E-state index >= 15 is 0 Å². The Balaban J connectivity index is 1.46. The molecular weight excluding hydrogens is 532 g/mol. The maximum Gasteiger partial charge on any atom is 0.299 e. The van der Waals surface area contributed by atoms with Crippen molar-refractivity contribution in [1.29, 1.82) is 0 Å². The number of fused-ring (bicyclic) bond motifs is 1. The molecule has 1 N–H and O–H groups in total. The third-order valence-electron chi connectivity index (χ3n) is 5.75. The monoisotopic (exact) mass is 548 g/mol. The van der Waals surface area contributed by atoms with Gasteiger partial charge in [0.15, 0.2) is 0 Å². The molecule has 3 aromatic carbocycles. The number of halogens is 2. The molecule has 2 heterocycles. The maximum absolute atomic E-state index is 13.6. The van der Waals surface area contributed by atoms with Crippen LogP contribution in [0.2, 0.25) is 5.02 Å². The summed E-state index contributed by atoms with van der Waals surface area (Å²) < 4.78 is 0.686. The first-order valence-electron chi connectivity index (χ1n) is 10.7. The van der Waals surface area contributed by atoms with Gasteiger partial charge in [0, 0.05) is 15.2 Å². The van der Waals surface area contributed by atoms with Crippen molar-refractivity contribution in [2.45, 2.75) is 6.54 Å². The Morgan fingerprint density at radius 3 is 2.57 bits per heavy atom. The van der Waals surface area contributed by atoms with Crippen LogP contribution in [-0.2, 0) is 16.1 Å². The van der Waals surface area contributed by atoms with E-state index in [-0.39, 0.29) is 24.6 Å². The van der Waals surface area contributed by atoms with Crippen LogP contribution in [0, 0.1) is 0 Å². The van der Waals surface area contributed by atoms with Crippen LogP contribution in [0.15, 0.2) is 83.7 Å². The number of anilines is 2. The number of hydrogen-bond donors (Lipinski definition) is 1. The van der Waals surface area contributed by atoms with Crippen LogP contribution in [0.5, 0.6) is 0 Å². The number of Topliss-reactive ketones (excluding diaryl/α,β-unsaturated/α-hetero) is 1. The van der Waals surface area contributed by atoms with Crippen LogP contribution in [0.25, 0.3) is 11.3 Å². The second-order valence-corrected chi connectivity index (χ2v) is 9.36. The van der Waals surface area contributed by atoms with Gasteiger partial charge >= 0.3 is 0 Å². The van der Waals surface area contributed by atoms with Gasteiger partial charge in [-0.05, 0) is 53.6 Å². The fourth-order valence-corrected chi connectivity index (χ4v) is 4.60. The van der Waals surface area contributed by atoms with Crippen LogP contribution in [0.1, 0.15) is 15.9 Å². The summed E-state index contributed by atoms with van der Waals surface area (Å²) in [5.41, 5.74) is 3.95. The van der Waals surface area contributed by atoms with Crippen molar-refractivity contribution in [3.63, 3.8) is 0 Å². The first-order valence-corrected chi connectivity index (χ1v) is 11.9. The summed E-state index contributed by atoms with van der Waals surface area (Å²) in [5, 5.41) is 0.560. The van der Waals surface area contributed by atoms with Crippen LogP contribution in [0.3, 0.4) is 0 Å². The van der Waals surface area contributed by atoms with Gasteiger partial charge in [-0.3, -0.25) is 19.3 Å². The number of hydrogen-bond acceptors (Lipinski definition) is 4. The third kappa shape index (κ3) is 4.62. The van der Waals surface area contributed by atoms with Crippen LogP contribution in [-0.4, -0.2) is 34.1 Å². The Labute approximate surface area is 214 Å². The van der Waals surface area contributed by atoms with Crippen molar-refractivity contribution in [3.05, 3.63) is 99.9 Å². The number of H-pyrrole nitrogens is 1. The number of imidazole rings is 1. The molecule has 9 heteroatoms. The minimum atomic E-state index is -0.719. The molecule has 7 nitrogen and oxygen atoms in total. The van der Waals surface area contributed by atoms with Crippen molar-refractivity contribution in [1.82, 2.24) is 9.97 Å². The zero-order valence-corrected chi connectivity index (χ0v) is 20.6. The van der Waals surface area contributed by atoms with Gasteiger partial charge < -0.3 is 9.88 Å². The molecule has 174 valence electrons. The van der Waals surface area contributed by atoms with Gasteiger partial charge in [-0.2, -0.15) is 0 Å². The molecule has 0 saturated heterocycles. The van der Waals surface area contributed by atoms with Crippen molar-refractivity contribution < 1.29 is 14.4 Å². The number of aromatic amines is 1. The van der Waals surface area contributed by atoms with E-state index in [2.05, 4.69) is 25.9 Å². The molecule has 0 saturated carbocycles. The fourth-order valence-electron chi connectivity index (χ4n) is 4.03. The summed E-state index contributed by atoms with van der Waals surface area (Å²) >= 11 is 9.49. The second kappa shape index (κ2) is 9.48. The molecule has 1 aliphatic rings. The highest BCUT2D eigenvalue weighted by Gasteiger charge is 2.37. The topological polar surface area (TPSA) is 86.4 Å². The zero-order chi connectivity index (χ0) is 24.5. The number of nitrogens with one attached hydrogen (secondary N) is 1. The van der Waals surface area contributed by atoms with Crippen LogP contribution < -0.4 is 9.80 Å². The number of benzene rings is 3. The van der Waals surface area contributed by atoms with Crippen molar-refractivity contribution in [2.75, 3.05) is 16.3 Å². The Morgan fingerprint density at radius 1 is 1.06 bits per heavy atom. The van der Waals surface area contributed by atoms with Gasteiger partial charge in [-0.25, -0.2) is 4.98 Å². The van der Waals surface area contributed by atoms with Crippen molar-refractivity contribution >= 4 is 56.5 Å². The highest BCUT2D eigenvalue weighted by atomic mass is 79.9. The molecule has 0 atom stereocenters. The van der Waals surface area contributed by atoms with Crippen molar-refractivity contribution in [3.8, 4) is 11.3 Å². The molecule has 1 aromatic heterocycles. The van der Waals surface area contributed by atoms with Gasteiger partial charge in [0.2, 0.25) is 5.91 Å². The largest absolute Gasteiger partial charge is 0.345 e. The SMILES string of the molecule is O=C1C(=O)N(CC(=O)N(Cc2cccc(Cl)c2)c2ccc(-c3cnc[nH]3)cc2)c2ccc(Br)cc21. The molecule has 35 heavy (non-hydrogen) atoms. The minimum Gasteiger partial charge on any atom is -0.345 e. The van der Waals surface area contributed by atoms with E-state index < -0.39 is 11.7 Å². The lowest BCUT2D eigenvalue weighted by molar-refractivity contribution is -0.120. The minimum absolute atomic E-state index is 0.242. The summed E-state index contributed by atoms with van der Waals surface area (Å²) in [5.74, 6) is -1.68. The molecule has 0 unspecified atom stereocenters. The van der Waals surface area contributed by atoms with Gasteiger partial charge in [0.05, 0.1) is 36.0 Å². The van der Waals surface area contributed by atoms with Gasteiger partial charge in [0.25, 0.3) is 11.7 Å². The second-order valence-electron chi connectivity index (χ2n) is 8.00. The van der Waals surface area contributed by atoms with Gasteiger partial charge in [0.1, 0.15) is 6.54 Å². The molecule has 5 rings (SSSR count). The predicted octanol–water partition coefficient (Wildman–Crippen LogP) is 5.26. The molecule has 0 fully saturated rings. The molecule has 0 spiro atoms. The van der Waals surface area contributed by atoms with E-state index in [9.17, 15) is 14.4 Å². The number of ketones is 1. The highest BCUT2D eigenvalue weighted by Crippen LogP contribution is 2.32. The molecular formula is C26H18BrClN4O3. The summed E-state index contributed by atoms with van der Waals surface area (Å²) in [6.07, 6.45) is 3.32. The van der Waals surface area contributed by atoms with E-state index in [4.69, 9.17) is 11.6 Å². The Kier molecular flexibility index (Phi) is 6.23. The normalized spacial score (nSPS) is 12.7. The summed E-state index contributed by atoms with van der Waals surface area (Å²) in [7, 11) is 0. The molecule has 0 aliphatic carbocycles. The number of amides is 2. The average molecular weight is 550 g/mol. The quantitative estimate of drug-likeness (QED) is 0.333. The summed E-state index contributed by atoms with van der Waals surface area (Å²) in [4.78, 5) is 48.7. The van der Waals surface area contributed by atoms with E-state index in [1.54, 1.807) is 47.8 Å². The lowest BCUT2D eigenvalue weighted by Crippen LogP contribution is -2.42. The summed E-state index contributed by atoms with van der Waals surface area (Å²) in [6, 6.07) is 19.7. The molecule has 0 radical (unpaired) electrons. The van der Waals surface area contributed by atoms with Crippen LogP contribution in [0.4, 0.5) is 11.4 Å². The zero-order valence-electron chi connectivity index (χ0n) is 18.2. The van der Waals surface area contributed by atoms with Gasteiger partial charge in [-0.1, -0.05) is 51.8 Å². The number of carbonyl (C=O) groups excluding carboxylic acids is 3. The Hall–Kier alpha value is -3.75. The number of nitrogens with zero attached hydrogens (tertiary/aromatic N) is 3. The molecule has 0 bridgehead atoms. The molecule has 4 aromatic rings. The Bertz CT molecular complexity index is 1440. The first-order chi connectivity index (χ1) is 16.9. The van der Waals surface area contributed by atoms with Gasteiger partial charge in [-0.15, -0.1) is 0 Å². The lowest BCUT2D eigenvalue weighted by atomic mass is 10.1. The standard InChI is InChI=1S/C26H18BrClN4O3/c27-18-6-9-23-21(11-18)25(34)26(35)32(23)14-24(33)31(13-16-2-1-3-19(28)10-16)20-7-4-17(5-8-20)22-12-29-15-30-22/h1-12,15H,13-14H2,(H,29,30). The van der Waals surface area contributed by atoms with E-state index in [0.29, 0.717) is 20.9 Å². The third-order valence-corrected chi connectivity index (χ3v) is 6.47. The lowest BCUT2D eigenvalue weighted by Gasteiger charge is -2.26.